The van der Waals surface area contributed by atoms with Gasteiger partial charge in [-0.05, 0) is 26.3 Å². The Labute approximate surface area is 74.3 Å². The Morgan fingerprint density at radius 1 is 1.58 bits per heavy atom. The van der Waals surface area contributed by atoms with Gasteiger partial charge in [-0.3, -0.25) is 4.90 Å². The SMILES string of the molecule is CNC1(CN)CCN(C2CC2)C1. The molecule has 3 heteroatoms. The lowest BCUT2D eigenvalue weighted by Crippen LogP contribution is -2.51. The second-order valence-corrected chi connectivity index (χ2v) is 4.19. The Morgan fingerprint density at radius 2 is 2.33 bits per heavy atom. The number of likely N-dealkylation sites (N-methyl/N-ethyl adjacent to an activating group) is 1. The number of rotatable bonds is 3. The number of nitrogens with one attached hydrogen (secondary N) is 1. The van der Waals surface area contributed by atoms with Gasteiger partial charge in [0.25, 0.3) is 0 Å². The molecular formula is C9H19N3. The van der Waals surface area contributed by atoms with E-state index >= 15 is 0 Å². The predicted octanol–water partition coefficient (Wildman–Crippen LogP) is -0.229. The van der Waals surface area contributed by atoms with Crippen molar-refractivity contribution in [2.75, 3.05) is 26.7 Å². The van der Waals surface area contributed by atoms with Gasteiger partial charge in [0.15, 0.2) is 0 Å². The third-order valence-electron chi connectivity index (χ3n) is 3.37. The Hall–Kier alpha value is -0.120. The van der Waals surface area contributed by atoms with Gasteiger partial charge in [0.2, 0.25) is 0 Å². The highest BCUT2D eigenvalue weighted by Crippen LogP contribution is 2.32. The summed E-state index contributed by atoms with van der Waals surface area (Å²) in [7, 11) is 2.03. The Morgan fingerprint density at radius 3 is 2.75 bits per heavy atom. The average molecular weight is 169 g/mol. The lowest BCUT2D eigenvalue weighted by molar-refractivity contribution is 0.285. The van der Waals surface area contributed by atoms with Crippen LogP contribution < -0.4 is 11.1 Å². The minimum atomic E-state index is 0.225. The zero-order valence-corrected chi connectivity index (χ0v) is 7.84. The molecule has 1 heterocycles. The van der Waals surface area contributed by atoms with E-state index in [0.29, 0.717) is 0 Å². The van der Waals surface area contributed by atoms with Crippen molar-refractivity contribution in [3.63, 3.8) is 0 Å². The van der Waals surface area contributed by atoms with Crippen molar-refractivity contribution in [1.29, 1.82) is 0 Å². The summed E-state index contributed by atoms with van der Waals surface area (Å²) in [4.78, 5) is 2.59. The first-order valence-corrected chi connectivity index (χ1v) is 4.93. The maximum Gasteiger partial charge on any atom is 0.0442 e. The molecule has 0 aromatic carbocycles. The largest absolute Gasteiger partial charge is 0.329 e. The summed E-state index contributed by atoms with van der Waals surface area (Å²) in [6, 6.07) is 0.895. The Balaban J connectivity index is 1.93. The fraction of sp³-hybridized carbons (Fsp3) is 1.00. The van der Waals surface area contributed by atoms with Gasteiger partial charge in [-0.15, -0.1) is 0 Å². The summed E-state index contributed by atoms with van der Waals surface area (Å²) in [6.45, 7) is 3.17. The van der Waals surface area contributed by atoms with Gasteiger partial charge in [-0.1, -0.05) is 0 Å². The molecule has 0 aromatic heterocycles. The predicted molar refractivity (Wildman–Crippen MR) is 50.1 cm³/mol. The number of likely N-dealkylation sites (tertiary alicyclic amines) is 1. The molecule has 3 N–H and O–H groups in total. The van der Waals surface area contributed by atoms with E-state index in [4.69, 9.17) is 5.73 Å². The summed E-state index contributed by atoms with van der Waals surface area (Å²) >= 11 is 0. The van der Waals surface area contributed by atoms with Crippen molar-refractivity contribution in [2.45, 2.75) is 30.8 Å². The van der Waals surface area contributed by atoms with Crippen LogP contribution in [-0.4, -0.2) is 43.2 Å². The van der Waals surface area contributed by atoms with E-state index in [2.05, 4.69) is 10.2 Å². The molecule has 1 aliphatic heterocycles. The molecule has 1 aliphatic carbocycles. The molecular weight excluding hydrogens is 150 g/mol. The van der Waals surface area contributed by atoms with Gasteiger partial charge >= 0.3 is 0 Å². The van der Waals surface area contributed by atoms with E-state index in [1.54, 1.807) is 0 Å². The quantitative estimate of drug-likeness (QED) is 0.613. The molecule has 0 aromatic rings. The highest BCUT2D eigenvalue weighted by atomic mass is 15.2. The smallest absolute Gasteiger partial charge is 0.0442 e. The van der Waals surface area contributed by atoms with Crippen molar-refractivity contribution in [3.05, 3.63) is 0 Å². The summed E-state index contributed by atoms with van der Waals surface area (Å²) < 4.78 is 0. The lowest BCUT2D eigenvalue weighted by atomic mass is 10.00. The third-order valence-corrected chi connectivity index (χ3v) is 3.37. The maximum absolute atomic E-state index is 5.77. The van der Waals surface area contributed by atoms with E-state index in [1.165, 1.54) is 25.8 Å². The maximum atomic E-state index is 5.77. The Kier molecular flexibility index (Phi) is 2.10. The van der Waals surface area contributed by atoms with Crippen LogP contribution >= 0.6 is 0 Å². The van der Waals surface area contributed by atoms with Crippen molar-refractivity contribution in [1.82, 2.24) is 10.2 Å². The van der Waals surface area contributed by atoms with Gasteiger partial charge in [0, 0.05) is 31.2 Å². The number of hydrogen-bond acceptors (Lipinski definition) is 3. The van der Waals surface area contributed by atoms with Crippen LogP contribution in [0.4, 0.5) is 0 Å². The normalized spacial score (nSPS) is 37.5. The van der Waals surface area contributed by atoms with Crippen LogP contribution in [0.2, 0.25) is 0 Å². The van der Waals surface area contributed by atoms with Crippen LogP contribution in [-0.2, 0) is 0 Å². The van der Waals surface area contributed by atoms with E-state index < -0.39 is 0 Å². The van der Waals surface area contributed by atoms with Gasteiger partial charge in [-0.2, -0.15) is 0 Å². The molecule has 1 unspecified atom stereocenters. The second-order valence-electron chi connectivity index (χ2n) is 4.19. The molecule has 2 rings (SSSR count). The van der Waals surface area contributed by atoms with Gasteiger partial charge in [-0.25, -0.2) is 0 Å². The van der Waals surface area contributed by atoms with Crippen LogP contribution in [0, 0.1) is 0 Å². The van der Waals surface area contributed by atoms with Crippen molar-refractivity contribution < 1.29 is 0 Å². The first-order chi connectivity index (χ1) is 5.79. The first kappa shape index (κ1) is 8.48. The van der Waals surface area contributed by atoms with E-state index in [-0.39, 0.29) is 5.54 Å². The highest BCUT2D eigenvalue weighted by Gasteiger charge is 2.41. The third kappa shape index (κ3) is 1.37. The van der Waals surface area contributed by atoms with E-state index in [1.807, 2.05) is 7.05 Å². The van der Waals surface area contributed by atoms with Crippen molar-refractivity contribution in [2.24, 2.45) is 5.73 Å². The molecule has 1 saturated heterocycles. The van der Waals surface area contributed by atoms with Crippen molar-refractivity contribution in [3.8, 4) is 0 Å². The van der Waals surface area contributed by atoms with Crippen LogP contribution in [0.5, 0.6) is 0 Å². The molecule has 2 fully saturated rings. The van der Waals surface area contributed by atoms with E-state index in [9.17, 15) is 0 Å². The standard InChI is InChI=1S/C9H19N3/c1-11-9(6-10)4-5-12(7-9)8-2-3-8/h8,11H,2-7,10H2,1H3. The molecule has 1 saturated carbocycles. The molecule has 0 amide bonds. The lowest BCUT2D eigenvalue weighted by Gasteiger charge is -2.27. The average Bonchev–Trinajstić information content (AvgIpc) is 2.87. The summed E-state index contributed by atoms with van der Waals surface area (Å²) in [5, 5.41) is 3.37. The molecule has 12 heavy (non-hydrogen) atoms. The topological polar surface area (TPSA) is 41.3 Å². The first-order valence-electron chi connectivity index (χ1n) is 4.93. The summed E-state index contributed by atoms with van der Waals surface area (Å²) in [6.07, 6.45) is 4.03. The monoisotopic (exact) mass is 169 g/mol. The number of nitrogens with zero attached hydrogens (tertiary/aromatic N) is 1. The van der Waals surface area contributed by atoms with Crippen LogP contribution in [0.15, 0.2) is 0 Å². The summed E-state index contributed by atoms with van der Waals surface area (Å²) in [5.74, 6) is 0. The highest BCUT2D eigenvalue weighted by molar-refractivity contribution is 5.01. The van der Waals surface area contributed by atoms with Gasteiger partial charge in [0.1, 0.15) is 0 Å². The minimum Gasteiger partial charge on any atom is -0.329 e. The molecule has 0 bridgehead atoms. The zero-order valence-electron chi connectivity index (χ0n) is 7.84. The van der Waals surface area contributed by atoms with Crippen LogP contribution in [0.1, 0.15) is 19.3 Å². The van der Waals surface area contributed by atoms with Crippen molar-refractivity contribution >= 4 is 0 Å². The molecule has 2 aliphatic rings. The van der Waals surface area contributed by atoms with Crippen LogP contribution in [0.3, 0.4) is 0 Å². The fourth-order valence-electron chi connectivity index (χ4n) is 2.13. The van der Waals surface area contributed by atoms with Crippen LogP contribution in [0.25, 0.3) is 0 Å². The molecule has 70 valence electrons. The second kappa shape index (κ2) is 2.98. The molecule has 0 spiro atoms. The van der Waals surface area contributed by atoms with Gasteiger partial charge in [0.05, 0.1) is 0 Å². The minimum absolute atomic E-state index is 0.225. The fourth-order valence-corrected chi connectivity index (χ4v) is 2.13. The summed E-state index contributed by atoms with van der Waals surface area (Å²) in [5.41, 5.74) is 6.00. The molecule has 0 radical (unpaired) electrons. The van der Waals surface area contributed by atoms with E-state index in [0.717, 1.165) is 19.1 Å². The number of nitrogens with two attached hydrogens (primary N) is 1. The zero-order chi connectivity index (χ0) is 8.60. The Bertz CT molecular complexity index is 161. The number of hydrogen-bond donors (Lipinski definition) is 2. The van der Waals surface area contributed by atoms with Gasteiger partial charge < -0.3 is 11.1 Å². The molecule has 1 atom stereocenters. The molecule has 3 nitrogen and oxygen atoms in total.